The first-order valence-corrected chi connectivity index (χ1v) is 8.54. The molecular formula is C16H13ClN6O2S. The van der Waals surface area contributed by atoms with Crippen molar-refractivity contribution in [1.82, 2.24) is 20.2 Å². The molecule has 10 heteroatoms. The monoisotopic (exact) mass is 388 g/mol. The number of hydrogen-bond donors (Lipinski definition) is 2. The van der Waals surface area contributed by atoms with Gasteiger partial charge in [-0.15, -0.1) is 5.10 Å². The average Bonchev–Trinajstić information content (AvgIpc) is 3.02. The maximum Gasteiger partial charge on any atom is 0.255 e. The Labute approximate surface area is 157 Å². The van der Waals surface area contributed by atoms with E-state index in [9.17, 15) is 9.59 Å². The van der Waals surface area contributed by atoms with Gasteiger partial charge in [0.25, 0.3) is 5.91 Å². The minimum Gasteiger partial charge on any atom is -0.366 e. The normalized spacial score (nSPS) is 10.5. The van der Waals surface area contributed by atoms with Gasteiger partial charge in [0.1, 0.15) is 0 Å². The molecule has 2 aromatic carbocycles. The van der Waals surface area contributed by atoms with Gasteiger partial charge in [0, 0.05) is 28.1 Å². The highest BCUT2D eigenvalue weighted by atomic mass is 35.5. The smallest absolute Gasteiger partial charge is 0.255 e. The van der Waals surface area contributed by atoms with Gasteiger partial charge in [0.05, 0.1) is 5.69 Å². The number of carbonyl (C=O) groups excluding carboxylic acids is 2. The molecule has 3 aromatic rings. The van der Waals surface area contributed by atoms with Crippen molar-refractivity contribution in [3.63, 3.8) is 0 Å². The summed E-state index contributed by atoms with van der Waals surface area (Å²) in [6.07, 6.45) is 0. The first kappa shape index (κ1) is 17.9. The van der Waals surface area contributed by atoms with E-state index in [1.165, 1.54) is 22.5 Å². The zero-order valence-corrected chi connectivity index (χ0v) is 15.1. The average molecular weight is 389 g/mol. The minimum absolute atomic E-state index is 0.253. The van der Waals surface area contributed by atoms with Crippen molar-refractivity contribution in [3.05, 3.63) is 58.6 Å². The van der Waals surface area contributed by atoms with Crippen LogP contribution >= 0.6 is 23.4 Å². The van der Waals surface area contributed by atoms with Crippen LogP contribution < -0.4 is 11.1 Å². The van der Waals surface area contributed by atoms with Gasteiger partial charge in [-0.1, -0.05) is 17.7 Å². The lowest BCUT2D eigenvalue weighted by molar-refractivity contribution is 0.1000. The van der Waals surface area contributed by atoms with E-state index in [-0.39, 0.29) is 5.56 Å². The summed E-state index contributed by atoms with van der Waals surface area (Å²) in [7, 11) is 1.71. The molecule has 0 aliphatic heterocycles. The number of nitrogens with two attached hydrogens (primary N) is 1. The van der Waals surface area contributed by atoms with Crippen LogP contribution in [-0.2, 0) is 7.05 Å². The van der Waals surface area contributed by atoms with E-state index in [1.807, 2.05) is 0 Å². The van der Waals surface area contributed by atoms with Gasteiger partial charge in [-0.3, -0.25) is 9.59 Å². The standard InChI is InChI=1S/C16H13ClN6O2S/c1-23-16(20-21-22-23)26-13-6-5-11(17)8-12(13)19-15(25)10-4-2-3-9(7-10)14(18)24/h2-8H,1H3,(H2,18,24)(H,19,25). The number of primary amides is 1. The Morgan fingerprint density at radius 2 is 1.96 bits per heavy atom. The van der Waals surface area contributed by atoms with Gasteiger partial charge in [0.2, 0.25) is 11.1 Å². The fourth-order valence-electron chi connectivity index (χ4n) is 2.10. The molecule has 0 spiro atoms. The molecule has 0 aliphatic carbocycles. The summed E-state index contributed by atoms with van der Waals surface area (Å²) >= 11 is 7.34. The third-order valence-corrected chi connectivity index (χ3v) is 4.72. The van der Waals surface area contributed by atoms with Crippen LogP contribution in [0.4, 0.5) is 5.69 Å². The highest BCUT2D eigenvalue weighted by molar-refractivity contribution is 7.99. The Bertz CT molecular complexity index is 990. The summed E-state index contributed by atoms with van der Waals surface area (Å²) in [6, 6.07) is 11.2. The van der Waals surface area contributed by atoms with E-state index in [1.54, 1.807) is 43.4 Å². The number of carbonyl (C=O) groups is 2. The van der Waals surface area contributed by atoms with Crippen molar-refractivity contribution in [2.75, 3.05) is 5.32 Å². The number of rotatable bonds is 5. The number of aryl methyl sites for hydroxylation is 1. The number of nitrogens with zero attached hydrogens (tertiary/aromatic N) is 4. The molecule has 0 fully saturated rings. The van der Waals surface area contributed by atoms with Gasteiger partial charge in [-0.2, -0.15) is 0 Å². The summed E-state index contributed by atoms with van der Waals surface area (Å²) < 4.78 is 1.52. The molecule has 26 heavy (non-hydrogen) atoms. The van der Waals surface area contributed by atoms with E-state index in [2.05, 4.69) is 20.8 Å². The van der Waals surface area contributed by atoms with E-state index < -0.39 is 11.8 Å². The second-order valence-electron chi connectivity index (χ2n) is 5.23. The predicted molar refractivity (Wildman–Crippen MR) is 97.3 cm³/mol. The lowest BCUT2D eigenvalue weighted by Gasteiger charge is -2.11. The third kappa shape index (κ3) is 4.01. The maximum atomic E-state index is 12.6. The number of aromatic nitrogens is 4. The van der Waals surface area contributed by atoms with Crippen LogP contribution in [0.25, 0.3) is 0 Å². The number of benzene rings is 2. The first-order valence-electron chi connectivity index (χ1n) is 7.35. The van der Waals surface area contributed by atoms with E-state index in [0.29, 0.717) is 26.3 Å². The summed E-state index contributed by atoms with van der Waals surface area (Å²) in [4.78, 5) is 24.6. The van der Waals surface area contributed by atoms with E-state index in [4.69, 9.17) is 17.3 Å². The zero-order valence-electron chi connectivity index (χ0n) is 13.5. The number of anilines is 1. The van der Waals surface area contributed by atoms with Gasteiger partial charge in [0.15, 0.2) is 0 Å². The Morgan fingerprint density at radius 3 is 2.65 bits per heavy atom. The number of nitrogens with one attached hydrogen (secondary N) is 1. The number of tetrazole rings is 1. The Kier molecular flexibility index (Phi) is 5.19. The van der Waals surface area contributed by atoms with Gasteiger partial charge < -0.3 is 11.1 Å². The van der Waals surface area contributed by atoms with Crippen molar-refractivity contribution < 1.29 is 9.59 Å². The molecule has 1 heterocycles. The molecule has 3 N–H and O–H groups in total. The molecule has 2 amide bonds. The molecule has 132 valence electrons. The van der Waals surface area contributed by atoms with Gasteiger partial charge in [-0.25, -0.2) is 4.68 Å². The molecule has 0 bridgehead atoms. The molecule has 3 rings (SSSR count). The predicted octanol–water partition coefficient (Wildman–Crippen LogP) is 2.37. The molecular weight excluding hydrogens is 376 g/mol. The largest absolute Gasteiger partial charge is 0.366 e. The second kappa shape index (κ2) is 7.54. The Balaban J connectivity index is 1.88. The first-order chi connectivity index (χ1) is 12.4. The van der Waals surface area contributed by atoms with Crippen molar-refractivity contribution in [2.45, 2.75) is 10.1 Å². The topological polar surface area (TPSA) is 116 Å². The van der Waals surface area contributed by atoms with Crippen LogP contribution in [0.15, 0.2) is 52.5 Å². The van der Waals surface area contributed by atoms with Crippen molar-refractivity contribution >= 4 is 40.9 Å². The molecule has 0 unspecified atom stereocenters. The SMILES string of the molecule is Cn1nnnc1Sc1ccc(Cl)cc1NC(=O)c1cccc(C(N)=O)c1. The second-order valence-corrected chi connectivity index (χ2v) is 6.67. The van der Waals surface area contributed by atoms with Crippen LogP contribution in [0.1, 0.15) is 20.7 Å². The lowest BCUT2D eigenvalue weighted by Crippen LogP contribution is -2.15. The Morgan fingerprint density at radius 1 is 1.19 bits per heavy atom. The summed E-state index contributed by atoms with van der Waals surface area (Å²) in [6.45, 7) is 0. The number of halogens is 1. The van der Waals surface area contributed by atoms with Gasteiger partial charge in [-0.05, 0) is 58.6 Å². The van der Waals surface area contributed by atoms with Gasteiger partial charge >= 0.3 is 0 Å². The van der Waals surface area contributed by atoms with E-state index in [0.717, 1.165) is 0 Å². The van der Waals surface area contributed by atoms with Crippen molar-refractivity contribution in [2.24, 2.45) is 12.8 Å². The van der Waals surface area contributed by atoms with E-state index >= 15 is 0 Å². The van der Waals surface area contributed by atoms with Crippen LogP contribution in [0.2, 0.25) is 5.02 Å². The molecule has 0 saturated heterocycles. The maximum absolute atomic E-state index is 12.6. The fraction of sp³-hybridized carbons (Fsp3) is 0.0625. The Hall–Kier alpha value is -2.91. The number of hydrogen-bond acceptors (Lipinski definition) is 6. The zero-order chi connectivity index (χ0) is 18.7. The summed E-state index contributed by atoms with van der Waals surface area (Å²) in [5.74, 6) is -0.998. The fourth-order valence-corrected chi connectivity index (χ4v) is 3.07. The van der Waals surface area contributed by atoms with Crippen LogP contribution in [0, 0.1) is 0 Å². The summed E-state index contributed by atoms with van der Waals surface area (Å²) in [5, 5.41) is 15.1. The third-order valence-electron chi connectivity index (χ3n) is 3.38. The summed E-state index contributed by atoms with van der Waals surface area (Å²) in [5.41, 5.74) is 6.31. The minimum atomic E-state index is -0.603. The molecule has 1 aromatic heterocycles. The molecule has 8 nitrogen and oxygen atoms in total. The van der Waals surface area contributed by atoms with Crippen LogP contribution in [-0.4, -0.2) is 32.0 Å². The molecule has 0 aliphatic rings. The van der Waals surface area contributed by atoms with Crippen LogP contribution in [0.5, 0.6) is 0 Å². The lowest BCUT2D eigenvalue weighted by atomic mass is 10.1. The molecule has 0 atom stereocenters. The van der Waals surface area contributed by atoms with Crippen molar-refractivity contribution in [3.8, 4) is 0 Å². The highest BCUT2D eigenvalue weighted by Gasteiger charge is 2.14. The highest BCUT2D eigenvalue weighted by Crippen LogP contribution is 2.34. The van der Waals surface area contributed by atoms with Crippen molar-refractivity contribution in [1.29, 1.82) is 0 Å². The van der Waals surface area contributed by atoms with Crippen LogP contribution in [0.3, 0.4) is 0 Å². The number of amides is 2. The molecule has 0 radical (unpaired) electrons. The quantitative estimate of drug-likeness (QED) is 0.693. The molecule has 0 saturated carbocycles.